The van der Waals surface area contributed by atoms with E-state index in [0.29, 0.717) is 24.4 Å². The molecule has 3 aliphatic carbocycles. The molecule has 5 rings (SSSR count). The maximum absolute atomic E-state index is 6.12. The standard InChI is InChI=1S/C24H40O4/c1-2-4-17(3-1)24(18-5-9-20(10-6-18)25-13-22-15-27-22)19-7-11-21(12-8-19)26-14-23-16-28-23/h17-24H,1-16H2. The van der Waals surface area contributed by atoms with Crippen molar-refractivity contribution in [2.75, 3.05) is 26.4 Å². The summed E-state index contributed by atoms with van der Waals surface area (Å²) in [6.07, 6.45) is 18.5. The van der Waals surface area contributed by atoms with Gasteiger partial charge in [0.05, 0.1) is 38.6 Å². The summed E-state index contributed by atoms with van der Waals surface area (Å²) >= 11 is 0. The van der Waals surface area contributed by atoms with Crippen LogP contribution in [0.3, 0.4) is 0 Å². The van der Waals surface area contributed by atoms with Crippen molar-refractivity contribution in [2.45, 2.75) is 101 Å². The highest BCUT2D eigenvalue weighted by atomic mass is 16.6. The van der Waals surface area contributed by atoms with Gasteiger partial charge in [0.25, 0.3) is 0 Å². The third-order valence-corrected chi connectivity index (χ3v) is 8.31. The zero-order valence-corrected chi connectivity index (χ0v) is 17.6. The first-order valence-corrected chi connectivity index (χ1v) is 12.3. The van der Waals surface area contributed by atoms with Gasteiger partial charge in [-0.05, 0) is 75.0 Å². The van der Waals surface area contributed by atoms with E-state index in [9.17, 15) is 0 Å². The molecule has 4 heteroatoms. The molecular formula is C24H40O4. The molecule has 0 aromatic heterocycles. The summed E-state index contributed by atoms with van der Waals surface area (Å²) in [5, 5.41) is 0. The summed E-state index contributed by atoms with van der Waals surface area (Å²) in [4.78, 5) is 0. The summed E-state index contributed by atoms with van der Waals surface area (Å²) in [5.74, 6) is 3.87. The SMILES string of the molecule is C1CCC(C(C2CCC(OCC3CO3)CC2)C2CCC(OCC3CO3)CC2)C1. The van der Waals surface area contributed by atoms with Crippen LogP contribution in [0.5, 0.6) is 0 Å². The summed E-state index contributed by atoms with van der Waals surface area (Å²) in [6, 6.07) is 0. The van der Waals surface area contributed by atoms with Crippen LogP contribution in [0.25, 0.3) is 0 Å². The molecule has 4 nitrogen and oxygen atoms in total. The maximum atomic E-state index is 6.12. The fraction of sp³-hybridized carbons (Fsp3) is 1.00. The van der Waals surface area contributed by atoms with Gasteiger partial charge < -0.3 is 18.9 Å². The minimum absolute atomic E-state index is 0.410. The number of epoxide rings is 2. The van der Waals surface area contributed by atoms with Gasteiger partial charge in [-0.2, -0.15) is 0 Å². The van der Waals surface area contributed by atoms with Crippen LogP contribution < -0.4 is 0 Å². The van der Waals surface area contributed by atoms with Crippen molar-refractivity contribution in [3.63, 3.8) is 0 Å². The highest BCUT2D eigenvalue weighted by molar-refractivity contribution is 4.90. The van der Waals surface area contributed by atoms with Crippen LogP contribution in [-0.4, -0.2) is 50.8 Å². The Bertz CT molecular complexity index is 431. The lowest BCUT2D eigenvalue weighted by atomic mass is 9.64. The molecule has 2 aliphatic heterocycles. The van der Waals surface area contributed by atoms with Crippen LogP contribution in [0.1, 0.15) is 77.0 Å². The van der Waals surface area contributed by atoms with Crippen molar-refractivity contribution in [3.05, 3.63) is 0 Å². The zero-order valence-electron chi connectivity index (χ0n) is 17.6. The molecule has 5 fully saturated rings. The number of hydrogen-bond donors (Lipinski definition) is 0. The third-order valence-electron chi connectivity index (χ3n) is 8.31. The van der Waals surface area contributed by atoms with E-state index >= 15 is 0 Å². The third kappa shape index (κ3) is 5.30. The minimum atomic E-state index is 0.410. The normalized spacial score (nSPS) is 42.4. The van der Waals surface area contributed by atoms with Crippen LogP contribution in [0.15, 0.2) is 0 Å². The fourth-order valence-electron chi connectivity index (χ4n) is 6.59. The molecule has 0 radical (unpaired) electrons. The molecule has 2 atom stereocenters. The lowest BCUT2D eigenvalue weighted by Crippen LogP contribution is -2.37. The number of ether oxygens (including phenoxy) is 4. The average molecular weight is 393 g/mol. The molecule has 0 aromatic rings. The summed E-state index contributed by atoms with van der Waals surface area (Å²) in [6.45, 7) is 3.49. The highest BCUT2D eigenvalue weighted by Crippen LogP contribution is 2.48. The lowest BCUT2D eigenvalue weighted by Gasteiger charge is -2.43. The molecule has 0 bridgehead atoms. The Morgan fingerprint density at radius 2 is 0.964 bits per heavy atom. The van der Waals surface area contributed by atoms with Crippen molar-refractivity contribution < 1.29 is 18.9 Å². The second kappa shape index (κ2) is 9.32. The van der Waals surface area contributed by atoms with E-state index in [2.05, 4.69) is 0 Å². The van der Waals surface area contributed by atoms with E-state index in [0.717, 1.165) is 50.1 Å². The van der Waals surface area contributed by atoms with Crippen LogP contribution in [0.2, 0.25) is 0 Å². The summed E-state index contributed by atoms with van der Waals surface area (Å²) in [7, 11) is 0. The monoisotopic (exact) mass is 392 g/mol. The van der Waals surface area contributed by atoms with Gasteiger partial charge in [-0.3, -0.25) is 0 Å². The van der Waals surface area contributed by atoms with Crippen molar-refractivity contribution >= 4 is 0 Å². The van der Waals surface area contributed by atoms with E-state index in [1.165, 1.54) is 77.0 Å². The second-order valence-corrected chi connectivity index (χ2v) is 10.3. The van der Waals surface area contributed by atoms with E-state index in [4.69, 9.17) is 18.9 Å². The highest BCUT2D eigenvalue weighted by Gasteiger charge is 2.40. The molecule has 2 unspecified atom stereocenters. The first-order valence-electron chi connectivity index (χ1n) is 12.3. The maximum Gasteiger partial charge on any atom is 0.104 e. The van der Waals surface area contributed by atoms with Gasteiger partial charge in [-0.25, -0.2) is 0 Å². The molecule has 0 N–H and O–H groups in total. The van der Waals surface area contributed by atoms with Crippen LogP contribution in [-0.2, 0) is 18.9 Å². The van der Waals surface area contributed by atoms with Gasteiger partial charge in [0.15, 0.2) is 0 Å². The van der Waals surface area contributed by atoms with Gasteiger partial charge in [0.1, 0.15) is 12.2 Å². The molecule has 5 aliphatic rings. The average Bonchev–Trinajstić information content (AvgIpc) is 3.67. The van der Waals surface area contributed by atoms with E-state index < -0.39 is 0 Å². The Morgan fingerprint density at radius 3 is 1.36 bits per heavy atom. The van der Waals surface area contributed by atoms with Gasteiger partial charge in [-0.15, -0.1) is 0 Å². The molecule has 2 heterocycles. The van der Waals surface area contributed by atoms with Crippen LogP contribution in [0.4, 0.5) is 0 Å². The number of hydrogen-bond acceptors (Lipinski definition) is 4. The second-order valence-electron chi connectivity index (χ2n) is 10.3. The largest absolute Gasteiger partial charge is 0.375 e. The molecule has 28 heavy (non-hydrogen) atoms. The first kappa shape index (κ1) is 19.8. The van der Waals surface area contributed by atoms with E-state index in [1.54, 1.807) is 0 Å². The van der Waals surface area contributed by atoms with Crippen molar-refractivity contribution in [1.82, 2.24) is 0 Å². The Hall–Kier alpha value is -0.160. The predicted octanol–water partition coefficient (Wildman–Crippen LogP) is 4.74. The summed E-state index contributed by atoms with van der Waals surface area (Å²) in [5.41, 5.74) is 0. The molecule has 3 saturated carbocycles. The number of rotatable bonds is 9. The smallest absolute Gasteiger partial charge is 0.104 e. The predicted molar refractivity (Wildman–Crippen MR) is 108 cm³/mol. The Balaban J connectivity index is 1.12. The Morgan fingerprint density at radius 1 is 0.571 bits per heavy atom. The molecular weight excluding hydrogens is 352 g/mol. The van der Waals surface area contributed by atoms with E-state index in [-0.39, 0.29) is 0 Å². The minimum Gasteiger partial charge on any atom is -0.375 e. The van der Waals surface area contributed by atoms with Crippen LogP contribution in [0, 0.1) is 23.7 Å². The van der Waals surface area contributed by atoms with Crippen molar-refractivity contribution in [3.8, 4) is 0 Å². The Labute approximate surface area is 171 Å². The van der Waals surface area contributed by atoms with Gasteiger partial charge in [0, 0.05) is 0 Å². The van der Waals surface area contributed by atoms with Gasteiger partial charge in [-0.1, -0.05) is 25.7 Å². The molecule has 0 aromatic carbocycles. The fourth-order valence-corrected chi connectivity index (χ4v) is 6.59. The Kier molecular flexibility index (Phi) is 6.59. The summed E-state index contributed by atoms with van der Waals surface area (Å²) < 4.78 is 22.9. The van der Waals surface area contributed by atoms with Crippen molar-refractivity contribution in [1.29, 1.82) is 0 Å². The molecule has 0 spiro atoms. The molecule has 2 saturated heterocycles. The molecule has 160 valence electrons. The first-order chi connectivity index (χ1) is 13.8. The quantitative estimate of drug-likeness (QED) is 0.532. The molecule has 0 amide bonds. The van der Waals surface area contributed by atoms with Gasteiger partial charge in [0.2, 0.25) is 0 Å². The zero-order chi connectivity index (χ0) is 18.8. The van der Waals surface area contributed by atoms with Gasteiger partial charge >= 0.3 is 0 Å². The lowest BCUT2D eigenvalue weighted by molar-refractivity contribution is -0.0263. The topological polar surface area (TPSA) is 43.5 Å². The van der Waals surface area contributed by atoms with E-state index in [1.807, 2.05) is 0 Å². The van der Waals surface area contributed by atoms with Crippen LogP contribution >= 0.6 is 0 Å². The van der Waals surface area contributed by atoms with Crippen molar-refractivity contribution in [2.24, 2.45) is 23.7 Å².